The number of H-pyrrole nitrogens is 2. The Labute approximate surface area is 203 Å². The summed E-state index contributed by atoms with van der Waals surface area (Å²) in [5.41, 5.74) is 5.27. The third-order valence-corrected chi connectivity index (χ3v) is 7.77. The van der Waals surface area contributed by atoms with Crippen molar-refractivity contribution in [2.75, 3.05) is 16.4 Å². The lowest BCUT2D eigenvalue weighted by Gasteiger charge is -2.29. The number of unbranched alkanes of at least 4 members (excludes halogenated alkanes) is 1. The molecule has 0 aromatic carbocycles. The molecule has 0 saturated heterocycles. The first-order valence-corrected chi connectivity index (χ1v) is 13.4. The summed E-state index contributed by atoms with van der Waals surface area (Å²) >= 11 is 1.26. The van der Waals surface area contributed by atoms with E-state index >= 15 is 0 Å². The van der Waals surface area contributed by atoms with Crippen molar-refractivity contribution in [3.05, 3.63) is 26.7 Å². The number of hydrogen-bond donors (Lipinski definition) is 3. The Kier molecular flexibility index (Phi) is 8.12. The van der Waals surface area contributed by atoms with E-state index in [-0.39, 0.29) is 29.2 Å². The van der Waals surface area contributed by atoms with Crippen molar-refractivity contribution in [2.45, 2.75) is 95.3 Å². The van der Waals surface area contributed by atoms with E-state index in [1.807, 2.05) is 6.92 Å². The summed E-state index contributed by atoms with van der Waals surface area (Å²) in [5.74, 6) is 1.44. The van der Waals surface area contributed by atoms with Gasteiger partial charge < -0.3 is 10.6 Å². The van der Waals surface area contributed by atoms with Gasteiger partial charge in [-0.3, -0.25) is 24.2 Å². The van der Waals surface area contributed by atoms with Gasteiger partial charge >= 0.3 is 5.69 Å². The van der Waals surface area contributed by atoms with Gasteiger partial charge in [-0.15, -0.1) is 5.10 Å². The van der Waals surface area contributed by atoms with Crippen LogP contribution in [-0.2, 0) is 17.8 Å². The lowest BCUT2D eigenvalue weighted by atomic mass is 10.0. The molecule has 2 aromatic rings. The molecule has 2 heterocycles. The fourth-order valence-electron chi connectivity index (χ4n) is 5.14. The van der Waals surface area contributed by atoms with Crippen LogP contribution in [0.25, 0.3) is 0 Å². The van der Waals surface area contributed by atoms with Crippen LogP contribution in [0.2, 0.25) is 0 Å². The summed E-state index contributed by atoms with van der Waals surface area (Å²) in [6.45, 7) is 2.41. The lowest BCUT2D eigenvalue weighted by molar-refractivity contribution is -0.116. The van der Waals surface area contributed by atoms with Crippen molar-refractivity contribution in [1.82, 2.24) is 24.7 Å². The molecule has 186 valence electrons. The second-order valence-corrected chi connectivity index (χ2v) is 10.4. The van der Waals surface area contributed by atoms with Gasteiger partial charge in [0.15, 0.2) is 5.69 Å². The van der Waals surface area contributed by atoms with Gasteiger partial charge in [0.05, 0.1) is 5.75 Å². The Balaban J connectivity index is 1.53. The van der Waals surface area contributed by atoms with Gasteiger partial charge in [0.25, 0.3) is 5.56 Å². The van der Waals surface area contributed by atoms with Gasteiger partial charge in [-0.2, -0.15) is 0 Å². The zero-order valence-corrected chi connectivity index (χ0v) is 20.7. The van der Waals surface area contributed by atoms with Gasteiger partial charge in [-0.25, -0.2) is 9.78 Å². The number of hydrogen-bond acceptors (Lipinski definition) is 7. The number of carbonyl (C=O) groups is 1. The highest BCUT2D eigenvalue weighted by Crippen LogP contribution is 2.31. The molecule has 34 heavy (non-hydrogen) atoms. The second kappa shape index (κ2) is 11.2. The predicted octanol–water partition coefficient (Wildman–Crippen LogP) is 2.84. The molecule has 0 atom stereocenters. The highest BCUT2D eigenvalue weighted by atomic mass is 32.2. The van der Waals surface area contributed by atoms with E-state index in [1.54, 1.807) is 0 Å². The van der Waals surface area contributed by atoms with E-state index in [2.05, 4.69) is 20.2 Å². The van der Waals surface area contributed by atoms with Crippen LogP contribution in [0.1, 0.15) is 77.0 Å². The van der Waals surface area contributed by atoms with E-state index in [4.69, 9.17) is 5.73 Å². The topological polar surface area (TPSA) is 143 Å². The zero-order chi connectivity index (χ0) is 24.1. The standard InChI is InChI=1S/C23H35N7O3S/c1-2-3-12-29-20(24)19(21(32)26-23(29)33)30(16-10-6-7-11-16)18(31)14-34-22-25-17(27-28-22)13-15-8-4-5-9-15/h15-16H,2-14,24H2,1H3,(H,25,27,28)(H,26,32,33). The normalized spacial score (nSPS) is 17.0. The monoisotopic (exact) mass is 489 g/mol. The minimum Gasteiger partial charge on any atom is -0.383 e. The number of nitrogens with one attached hydrogen (secondary N) is 2. The summed E-state index contributed by atoms with van der Waals surface area (Å²) < 4.78 is 1.37. The Hall–Kier alpha value is -2.56. The molecule has 10 nitrogen and oxygen atoms in total. The van der Waals surface area contributed by atoms with E-state index in [0.717, 1.165) is 50.8 Å². The maximum Gasteiger partial charge on any atom is 0.330 e. The second-order valence-electron chi connectivity index (χ2n) is 9.41. The van der Waals surface area contributed by atoms with Crippen LogP contribution >= 0.6 is 11.8 Å². The maximum atomic E-state index is 13.4. The fraction of sp³-hybridized carbons (Fsp3) is 0.696. The van der Waals surface area contributed by atoms with Crippen LogP contribution in [-0.4, -0.2) is 42.4 Å². The minimum absolute atomic E-state index is 0.0594. The van der Waals surface area contributed by atoms with Crippen molar-refractivity contribution in [1.29, 1.82) is 0 Å². The molecule has 4 rings (SSSR count). The van der Waals surface area contributed by atoms with Crippen LogP contribution in [0, 0.1) is 5.92 Å². The largest absolute Gasteiger partial charge is 0.383 e. The number of thioether (sulfide) groups is 1. The van der Waals surface area contributed by atoms with E-state index in [0.29, 0.717) is 17.6 Å². The van der Waals surface area contributed by atoms with Crippen LogP contribution in [0.3, 0.4) is 0 Å². The molecule has 2 fully saturated rings. The number of nitrogens with zero attached hydrogens (tertiary/aromatic N) is 4. The van der Waals surface area contributed by atoms with Gasteiger partial charge in [-0.1, -0.05) is 63.6 Å². The molecule has 0 unspecified atom stereocenters. The van der Waals surface area contributed by atoms with Gasteiger partial charge in [0.1, 0.15) is 11.6 Å². The fourth-order valence-corrected chi connectivity index (χ4v) is 5.82. The molecule has 1 amide bonds. The average molecular weight is 490 g/mol. The zero-order valence-electron chi connectivity index (χ0n) is 19.8. The number of anilines is 2. The SMILES string of the molecule is CCCCn1c(N)c(N(C(=O)CSc2n[nH]c(CC3CCCC3)n2)C2CCCC2)c(=O)[nH]c1=O. The average Bonchev–Trinajstić information content (AvgIpc) is 3.58. The van der Waals surface area contributed by atoms with Gasteiger partial charge in [0, 0.05) is 19.0 Å². The number of aromatic nitrogens is 5. The molecule has 0 bridgehead atoms. The third kappa shape index (κ3) is 5.56. The predicted molar refractivity (Wildman–Crippen MR) is 133 cm³/mol. The number of nitrogen functional groups attached to an aromatic ring is 1. The summed E-state index contributed by atoms with van der Waals surface area (Å²) in [6.07, 6.45) is 11.1. The van der Waals surface area contributed by atoms with E-state index in [9.17, 15) is 14.4 Å². The molecule has 0 aliphatic heterocycles. The number of rotatable bonds is 10. The molecule has 2 aliphatic rings. The molecule has 11 heteroatoms. The van der Waals surface area contributed by atoms with Crippen LogP contribution in [0.15, 0.2) is 14.7 Å². The number of nitrogens with two attached hydrogens (primary N) is 1. The molecule has 2 aromatic heterocycles. The van der Waals surface area contributed by atoms with Gasteiger partial charge in [0.2, 0.25) is 11.1 Å². The molecule has 2 saturated carbocycles. The summed E-state index contributed by atoms with van der Waals surface area (Å²) in [6, 6.07) is -0.112. The van der Waals surface area contributed by atoms with Crippen LogP contribution in [0.5, 0.6) is 0 Å². The first kappa shape index (κ1) is 24.6. The number of carbonyl (C=O) groups excluding carboxylic acids is 1. The Bertz CT molecular complexity index is 1100. The molecule has 4 N–H and O–H groups in total. The van der Waals surface area contributed by atoms with Crippen molar-refractivity contribution >= 4 is 29.2 Å². The van der Waals surface area contributed by atoms with E-state index in [1.165, 1.54) is 46.9 Å². The Morgan fingerprint density at radius 2 is 1.88 bits per heavy atom. The Morgan fingerprint density at radius 3 is 2.59 bits per heavy atom. The van der Waals surface area contributed by atoms with Crippen LogP contribution < -0.4 is 21.9 Å². The highest BCUT2D eigenvalue weighted by Gasteiger charge is 2.32. The summed E-state index contributed by atoms with van der Waals surface area (Å²) in [4.78, 5) is 47.1. The molecular formula is C23H35N7O3S. The lowest BCUT2D eigenvalue weighted by Crippen LogP contribution is -2.46. The number of amides is 1. The van der Waals surface area contributed by atoms with Crippen molar-refractivity contribution in [3.63, 3.8) is 0 Å². The van der Waals surface area contributed by atoms with Gasteiger partial charge in [-0.05, 0) is 25.2 Å². The van der Waals surface area contributed by atoms with Crippen molar-refractivity contribution < 1.29 is 4.79 Å². The third-order valence-electron chi connectivity index (χ3n) is 6.94. The Morgan fingerprint density at radius 1 is 1.18 bits per heavy atom. The summed E-state index contributed by atoms with van der Waals surface area (Å²) in [5, 5.41) is 7.81. The maximum absolute atomic E-state index is 13.4. The molecule has 0 spiro atoms. The first-order chi connectivity index (χ1) is 16.5. The number of aromatic amines is 2. The quantitative estimate of drug-likeness (QED) is 0.435. The smallest absolute Gasteiger partial charge is 0.330 e. The molecule has 0 radical (unpaired) electrons. The molecule has 2 aliphatic carbocycles. The van der Waals surface area contributed by atoms with Crippen LogP contribution in [0.4, 0.5) is 11.5 Å². The minimum atomic E-state index is -0.614. The van der Waals surface area contributed by atoms with E-state index < -0.39 is 11.2 Å². The van der Waals surface area contributed by atoms with Crippen molar-refractivity contribution in [2.24, 2.45) is 5.92 Å². The highest BCUT2D eigenvalue weighted by molar-refractivity contribution is 7.99. The first-order valence-electron chi connectivity index (χ1n) is 12.5. The molecular weight excluding hydrogens is 454 g/mol. The van der Waals surface area contributed by atoms with Crippen molar-refractivity contribution in [3.8, 4) is 0 Å². The summed E-state index contributed by atoms with van der Waals surface area (Å²) in [7, 11) is 0.